The topological polar surface area (TPSA) is 113 Å². The summed E-state index contributed by atoms with van der Waals surface area (Å²) < 4.78 is 31.6. The van der Waals surface area contributed by atoms with Crippen LogP contribution in [-0.4, -0.2) is 49.0 Å². The fourth-order valence-electron chi connectivity index (χ4n) is 2.00. The first-order valence-corrected chi connectivity index (χ1v) is 8.65. The van der Waals surface area contributed by atoms with Crippen LogP contribution in [0.25, 0.3) is 0 Å². The number of ether oxygens (including phenoxy) is 1. The van der Waals surface area contributed by atoms with Gasteiger partial charge in [0.05, 0.1) is 11.0 Å². The maximum absolute atomic E-state index is 12.2. The van der Waals surface area contributed by atoms with Crippen LogP contribution < -0.4 is 4.72 Å². The van der Waals surface area contributed by atoms with Crippen molar-refractivity contribution in [2.24, 2.45) is 0 Å². The third kappa shape index (κ3) is 5.58. The number of aliphatic hydroxyl groups excluding tert-OH is 2. The SMILES string of the molecule is CC(=O)O[C@H](C)[C@@H](O)[C@@H](O)[C@H](C)NS(=O)(=O)c1ccc(C)cc1. The zero-order valence-corrected chi connectivity index (χ0v) is 14.4. The molecule has 23 heavy (non-hydrogen) atoms. The van der Waals surface area contributed by atoms with Crippen LogP contribution >= 0.6 is 0 Å². The summed E-state index contributed by atoms with van der Waals surface area (Å²) in [5, 5.41) is 20.0. The maximum Gasteiger partial charge on any atom is 0.302 e. The number of benzene rings is 1. The van der Waals surface area contributed by atoms with Crippen molar-refractivity contribution in [1.82, 2.24) is 4.72 Å². The average molecular weight is 345 g/mol. The Morgan fingerprint density at radius 1 is 1.13 bits per heavy atom. The number of sulfonamides is 1. The molecule has 0 aliphatic carbocycles. The molecule has 0 radical (unpaired) electrons. The first kappa shape index (κ1) is 19.6. The number of hydrogen-bond donors (Lipinski definition) is 3. The molecule has 0 heterocycles. The van der Waals surface area contributed by atoms with E-state index in [1.807, 2.05) is 6.92 Å². The number of aryl methyl sites for hydroxylation is 1. The van der Waals surface area contributed by atoms with Gasteiger partial charge < -0.3 is 14.9 Å². The quantitative estimate of drug-likeness (QED) is 0.614. The summed E-state index contributed by atoms with van der Waals surface area (Å²) in [6.45, 7) is 5.85. The molecule has 8 heteroatoms. The minimum atomic E-state index is -3.83. The van der Waals surface area contributed by atoms with Crippen molar-refractivity contribution in [1.29, 1.82) is 0 Å². The van der Waals surface area contributed by atoms with E-state index in [1.54, 1.807) is 12.1 Å². The van der Waals surface area contributed by atoms with Gasteiger partial charge in [0, 0.05) is 13.0 Å². The second-order valence-electron chi connectivity index (χ2n) is 5.52. The van der Waals surface area contributed by atoms with Gasteiger partial charge in [-0.1, -0.05) is 17.7 Å². The summed E-state index contributed by atoms with van der Waals surface area (Å²) in [6.07, 6.45) is -3.83. The van der Waals surface area contributed by atoms with Gasteiger partial charge in [-0.2, -0.15) is 0 Å². The van der Waals surface area contributed by atoms with Crippen LogP contribution in [0, 0.1) is 6.92 Å². The van der Waals surface area contributed by atoms with Crippen molar-refractivity contribution < 1.29 is 28.2 Å². The minimum Gasteiger partial charge on any atom is -0.460 e. The molecule has 0 aromatic heterocycles. The van der Waals surface area contributed by atoms with Crippen molar-refractivity contribution in [2.45, 2.75) is 56.9 Å². The van der Waals surface area contributed by atoms with E-state index in [0.29, 0.717) is 0 Å². The van der Waals surface area contributed by atoms with Crippen molar-refractivity contribution in [3.05, 3.63) is 29.8 Å². The molecule has 0 aliphatic rings. The molecule has 0 aliphatic heterocycles. The van der Waals surface area contributed by atoms with E-state index in [0.717, 1.165) is 5.56 Å². The van der Waals surface area contributed by atoms with E-state index < -0.39 is 40.3 Å². The Bertz CT molecular complexity index is 628. The lowest BCUT2D eigenvalue weighted by atomic mass is 10.0. The molecule has 130 valence electrons. The lowest BCUT2D eigenvalue weighted by Gasteiger charge is -2.28. The van der Waals surface area contributed by atoms with Crippen LogP contribution in [0.4, 0.5) is 0 Å². The zero-order valence-electron chi connectivity index (χ0n) is 13.6. The second-order valence-corrected chi connectivity index (χ2v) is 7.23. The number of esters is 1. The van der Waals surface area contributed by atoms with E-state index in [2.05, 4.69) is 4.72 Å². The Hall–Kier alpha value is -1.48. The molecule has 3 N–H and O–H groups in total. The number of aliphatic hydroxyl groups is 2. The van der Waals surface area contributed by atoms with Gasteiger partial charge in [-0.25, -0.2) is 13.1 Å². The van der Waals surface area contributed by atoms with Crippen molar-refractivity contribution in [2.75, 3.05) is 0 Å². The van der Waals surface area contributed by atoms with Crippen LogP contribution in [0.2, 0.25) is 0 Å². The van der Waals surface area contributed by atoms with Crippen LogP contribution in [0.5, 0.6) is 0 Å². The van der Waals surface area contributed by atoms with Crippen LogP contribution in [0.3, 0.4) is 0 Å². The highest BCUT2D eigenvalue weighted by Gasteiger charge is 2.31. The predicted octanol–water partition coefficient (Wildman–Crippen LogP) is 0.335. The lowest BCUT2D eigenvalue weighted by molar-refractivity contribution is -0.156. The van der Waals surface area contributed by atoms with Gasteiger partial charge >= 0.3 is 5.97 Å². The molecule has 7 nitrogen and oxygen atoms in total. The van der Waals surface area contributed by atoms with Gasteiger partial charge in [0.2, 0.25) is 10.0 Å². The Balaban J connectivity index is 2.78. The fraction of sp³-hybridized carbons (Fsp3) is 0.533. The van der Waals surface area contributed by atoms with E-state index in [-0.39, 0.29) is 4.90 Å². The van der Waals surface area contributed by atoms with E-state index in [1.165, 1.54) is 32.9 Å². The fourth-order valence-corrected chi connectivity index (χ4v) is 3.26. The number of carbonyl (C=O) groups excluding carboxylic acids is 1. The molecule has 0 bridgehead atoms. The number of rotatable bonds is 7. The molecule has 0 spiro atoms. The van der Waals surface area contributed by atoms with Gasteiger partial charge in [-0.15, -0.1) is 0 Å². The Morgan fingerprint density at radius 2 is 1.65 bits per heavy atom. The Kier molecular flexibility index (Phi) is 6.69. The summed E-state index contributed by atoms with van der Waals surface area (Å²) in [6, 6.07) is 5.25. The van der Waals surface area contributed by atoms with Gasteiger partial charge in [-0.3, -0.25) is 4.79 Å². The van der Waals surface area contributed by atoms with Crippen molar-refractivity contribution >= 4 is 16.0 Å². The van der Waals surface area contributed by atoms with Crippen LogP contribution in [-0.2, 0) is 19.6 Å². The molecule has 0 fully saturated rings. The summed E-state index contributed by atoms with van der Waals surface area (Å²) in [4.78, 5) is 10.9. The first-order valence-electron chi connectivity index (χ1n) is 7.17. The molecule has 0 amide bonds. The van der Waals surface area contributed by atoms with Gasteiger partial charge in [0.1, 0.15) is 12.2 Å². The normalized spacial score (nSPS) is 17.1. The minimum absolute atomic E-state index is 0.0599. The van der Waals surface area contributed by atoms with E-state index in [9.17, 15) is 23.4 Å². The van der Waals surface area contributed by atoms with E-state index in [4.69, 9.17) is 4.74 Å². The molecular formula is C15H23NO6S. The molecular weight excluding hydrogens is 322 g/mol. The summed E-state index contributed by atoms with van der Waals surface area (Å²) in [5.74, 6) is -0.600. The lowest BCUT2D eigenvalue weighted by Crippen LogP contribution is -2.50. The second kappa shape index (κ2) is 7.87. The largest absolute Gasteiger partial charge is 0.460 e. The zero-order chi connectivity index (χ0) is 17.8. The molecule has 1 aromatic rings. The highest BCUT2D eigenvalue weighted by atomic mass is 32.2. The molecule has 0 saturated heterocycles. The molecule has 0 saturated carbocycles. The van der Waals surface area contributed by atoms with Crippen LogP contribution in [0.1, 0.15) is 26.3 Å². The number of hydrogen-bond acceptors (Lipinski definition) is 6. The average Bonchev–Trinajstić information content (AvgIpc) is 2.44. The van der Waals surface area contributed by atoms with Gasteiger partial charge in [0.25, 0.3) is 0 Å². The highest BCUT2D eigenvalue weighted by molar-refractivity contribution is 7.89. The van der Waals surface area contributed by atoms with Gasteiger partial charge in [0.15, 0.2) is 0 Å². The summed E-state index contributed by atoms with van der Waals surface area (Å²) in [5.41, 5.74) is 0.919. The third-order valence-corrected chi connectivity index (χ3v) is 4.94. The van der Waals surface area contributed by atoms with E-state index >= 15 is 0 Å². The van der Waals surface area contributed by atoms with Crippen LogP contribution in [0.15, 0.2) is 29.2 Å². The molecule has 1 rings (SSSR count). The smallest absolute Gasteiger partial charge is 0.302 e. The summed E-state index contributed by atoms with van der Waals surface area (Å²) in [7, 11) is -3.83. The Labute approximate surface area is 136 Å². The van der Waals surface area contributed by atoms with Crippen molar-refractivity contribution in [3.8, 4) is 0 Å². The summed E-state index contributed by atoms with van der Waals surface area (Å²) >= 11 is 0. The first-order chi connectivity index (χ1) is 10.5. The van der Waals surface area contributed by atoms with Gasteiger partial charge in [-0.05, 0) is 32.9 Å². The molecule has 4 atom stereocenters. The standard InChI is InChI=1S/C15H23NO6S/c1-9-5-7-13(8-6-9)23(20,21)16-10(2)14(18)15(19)11(3)22-12(4)17/h5-8,10-11,14-16,18-19H,1-4H3/t10-,11+,14-,15+/m0/s1. The predicted molar refractivity (Wildman–Crippen MR) is 84.2 cm³/mol. The highest BCUT2D eigenvalue weighted by Crippen LogP contribution is 2.13. The maximum atomic E-state index is 12.2. The number of carbonyl (C=O) groups is 1. The van der Waals surface area contributed by atoms with Crippen molar-refractivity contribution in [3.63, 3.8) is 0 Å². The number of nitrogens with one attached hydrogen (secondary N) is 1. The Morgan fingerprint density at radius 3 is 2.13 bits per heavy atom. The third-order valence-electron chi connectivity index (χ3n) is 3.37. The molecule has 1 aromatic carbocycles. The molecule has 0 unspecified atom stereocenters. The monoisotopic (exact) mass is 345 g/mol.